The Bertz CT molecular complexity index is 872. The highest BCUT2D eigenvalue weighted by molar-refractivity contribution is 7.87. The lowest BCUT2D eigenvalue weighted by atomic mass is 10.1. The van der Waals surface area contributed by atoms with E-state index in [1.807, 2.05) is 12.1 Å². The van der Waals surface area contributed by atoms with E-state index in [-0.39, 0.29) is 13.0 Å². The van der Waals surface area contributed by atoms with Gasteiger partial charge in [-0.2, -0.15) is 17.9 Å². The first-order chi connectivity index (χ1) is 13.4. The number of rotatable bonds is 10. The first kappa shape index (κ1) is 21.5. The predicted molar refractivity (Wildman–Crippen MR) is 102 cm³/mol. The molecule has 0 heterocycles. The fourth-order valence-corrected chi connectivity index (χ4v) is 3.28. The molecule has 0 aliphatic carbocycles. The number of esters is 2. The summed E-state index contributed by atoms with van der Waals surface area (Å²) in [6, 6.07) is 16.8. The van der Waals surface area contributed by atoms with Crippen molar-refractivity contribution in [3.63, 3.8) is 0 Å². The summed E-state index contributed by atoms with van der Waals surface area (Å²) >= 11 is 0. The van der Waals surface area contributed by atoms with Crippen LogP contribution in [0, 0.1) is 0 Å². The van der Waals surface area contributed by atoms with Gasteiger partial charge in [0.2, 0.25) is 0 Å². The number of hydrogen-bond acceptors (Lipinski definition) is 6. The van der Waals surface area contributed by atoms with Crippen molar-refractivity contribution >= 4 is 22.1 Å². The van der Waals surface area contributed by atoms with Crippen LogP contribution in [0.1, 0.15) is 11.1 Å². The normalized spacial score (nSPS) is 12.2. The predicted octanol–water partition coefficient (Wildman–Crippen LogP) is 0.938. The molecule has 0 aliphatic rings. The van der Waals surface area contributed by atoms with Crippen LogP contribution in [0.15, 0.2) is 60.7 Å². The molecule has 0 aromatic heterocycles. The van der Waals surface area contributed by atoms with Crippen molar-refractivity contribution in [2.24, 2.45) is 0 Å². The fraction of sp³-hybridized carbons (Fsp3) is 0.263. The number of carbonyl (C=O) groups excluding carboxylic acids is 2. The molecule has 28 heavy (non-hydrogen) atoms. The van der Waals surface area contributed by atoms with Crippen LogP contribution >= 0.6 is 0 Å². The second kappa shape index (κ2) is 10.5. The quantitative estimate of drug-likeness (QED) is 0.568. The second-order valence-electron chi connectivity index (χ2n) is 5.85. The Balaban J connectivity index is 1.88. The van der Waals surface area contributed by atoms with Gasteiger partial charge < -0.3 is 9.47 Å². The summed E-state index contributed by atoms with van der Waals surface area (Å²) in [7, 11) is -2.97. The Hall–Kier alpha value is -2.75. The number of nitrogens with one attached hydrogen (secondary N) is 2. The Labute approximate surface area is 164 Å². The van der Waals surface area contributed by atoms with Gasteiger partial charge in [-0.05, 0) is 17.5 Å². The molecule has 0 saturated carbocycles. The molecule has 0 radical (unpaired) electrons. The molecule has 0 bridgehead atoms. The number of carbonyl (C=O) groups is 2. The van der Waals surface area contributed by atoms with Crippen LogP contribution < -0.4 is 9.44 Å². The summed E-state index contributed by atoms with van der Waals surface area (Å²) in [5, 5.41) is 0. The standard InChI is InChI=1S/C19H22N2O6S/c1-26-19(23)17(12-15-8-4-2-5-9-15)21-28(24,25)20-13-18(22)27-14-16-10-6-3-7-11-16/h2-11,17,20-21H,12-14H2,1H3/t17-/m0/s1. The molecule has 8 nitrogen and oxygen atoms in total. The number of hydrogen-bond donors (Lipinski definition) is 2. The zero-order valence-electron chi connectivity index (χ0n) is 15.3. The molecule has 0 saturated heterocycles. The van der Waals surface area contributed by atoms with Crippen LogP contribution in [-0.2, 0) is 42.3 Å². The first-order valence-electron chi connectivity index (χ1n) is 8.48. The Kier molecular flexibility index (Phi) is 8.12. The van der Waals surface area contributed by atoms with Gasteiger partial charge >= 0.3 is 11.9 Å². The van der Waals surface area contributed by atoms with E-state index >= 15 is 0 Å². The maximum Gasteiger partial charge on any atom is 0.324 e. The van der Waals surface area contributed by atoms with E-state index in [0.717, 1.165) is 11.1 Å². The fourth-order valence-electron chi connectivity index (χ4n) is 2.34. The summed E-state index contributed by atoms with van der Waals surface area (Å²) in [5.74, 6) is -1.48. The number of ether oxygens (including phenoxy) is 2. The summed E-state index contributed by atoms with van der Waals surface area (Å²) in [6.45, 7) is -0.533. The molecule has 2 rings (SSSR count). The molecular weight excluding hydrogens is 384 g/mol. The monoisotopic (exact) mass is 406 g/mol. The molecule has 0 spiro atoms. The van der Waals surface area contributed by atoms with Gasteiger partial charge in [-0.1, -0.05) is 60.7 Å². The summed E-state index contributed by atoms with van der Waals surface area (Å²) < 4.78 is 38.3. The highest BCUT2D eigenvalue weighted by atomic mass is 32.2. The van der Waals surface area contributed by atoms with Crippen molar-refractivity contribution in [1.82, 2.24) is 9.44 Å². The van der Waals surface area contributed by atoms with Crippen LogP contribution in [0.25, 0.3) is 0 Å². The van der Waals surface area contributed by atoms with Gasteiger partial charge in [0, 0.05) is 0 Å². The van der Waals surface area contributed by atoms with Crippen LogP contribution in [0.2, 0.25) is 0 Å². The molecule has 0 fully saturated rings. The molecule has 0 amide bonds. The molecule has 0 aliphatic heterocycles. The van der Waals surface area contributed by atoms with Crippen molar-refractivity contribution in [3.05, 3.63) is 71.8 Å². The van der Waals surface area contributed by atoms with Gasteiger partial charge in [0.1, 0.15) is 19.2 Å². The van der Waals surface area contributed by atoms with E-state index in [9.17, 15) is 18.0 Å². The van der Waals surface area contributed by atoms with Crippen LogP contribution in [0.4, 0.5) is 0 Å². The van der Waals surface area contributed by atoms with Crippen molar-refractivity contribution in [2.45, 2.75) is 19.1 Å². The van der Waals surface area contributed by atoms with Crippen molar-refractivity contribution in [3.8, 4) is 0 Å². The van der Waals surface area contributed by atoms with Gasteiger partial charge in [-0.25, -0.2) is 0 Å². The molecule has 2 aromatic carbocycles. The molecule has 150 valence electrons. The van der Waals surface area contributed by atoms with Gasteiger partial charge in [-0.15, -0.1) is 0 Å². The summed E-state index contributed by atoms with van der Waals surface area (Å²) in [6.07, 6.45) is 0.104. The highest BCUT2D eigenvalue weighted by Gasteiger charge is 2.26. The summed E-state index contributed by atoms with van der Waals surface area (Å²) in [4.78, 5) is 23.7. The lowest BCUT2D eigenvalue weighted by Crippen LogP contribution is -2.49. The molecule has 2 N–H and O–H groups in total. The van der Waals surface area contributed by atoms with E-state index in [1.165, 1.54) is 7.11 Å². The Morgan fingerprint density at radius 3 is 2.11 bits per heavy atom. The van der Waals surface area contributed by atoms with Crippen molar-refractivity contribution < 1.29 is 27.5 Å². The van der Waals surface area contributed by atoms with Crippen LogP contribution in [-0.4, -0.2) is 40.1 Å². The van der Waals surface area contributed by atoms with Crippen molar-refractivity contribution in [2.75, 3.05) is 13.7 Å². The maximum absolute atomic E-state index is 12.2. The SMILES string of the molecule is COC(=O)[C@H](Cc1ccccc1)NS(=O)(=O)NCC(=O)OCc1ccccc1. The van der Waals surface area contributed by atoms with E-state index < -0.39 is 34.7 Å². The average Bonchev–Trinajstić information content (AvgIpc) is 2.71. The van der Waals surface area contributed by atoms with Crippen LogP contribution in [0.5, 0.6) is 0 Å². The third-order valence-corrected chi connectivity index (χ3v) is 4.83. The van der Waals surface area contributed by atoms with Crippen LogP contribution in [0.3, 0.4) is 0 Å². The first-order valence-corrected chi connectivity index (χ1v) is 9.96. The Morgan fingerprint density at radius 2 is 1.54 bits per heavy atom. The second-order valence-corrected chi connectivity index (χ2v) is 7.39. The number of methoxy groups -OCH3 is 1. The van der Waals surface area contributed by atoms with E-state index in [1.54, 1.807) is 48.5 Å². The minimum atomic E-state index is -4.14. The molecule has 1 atom stereocenters. The zero-order valence-corrected chi connectivity index (χ0v) is 16.1. The van der Waals surface area contributed by atoms with E-state index in [2.05, 4.69) is 14.2 Å². The van der Waals surface area contributed by atoms with Gasteiger partial charge in [0.05, 0.1) is 7.11 Å². The third kappa shape index (κ3) is 7.47. The largest absolute Gasteiger partial charge is 0.468 e. The van der Waals surface area contributed by atoms with Crippen molar-refractivity contribution in [1.29, 1.82) is 0 Å². The smallest absolute Gasteiger partial charge is 0.324 e. The number of benzene rings is 2. The lowest BCUT2D eigenvalue weighted by molar-refractivity contribution is -0.143. The van der Waals surface area contributed by atoms with Gasteiger partial charge in [0.25, 0.3) is 10.2 Å². The highest BCUT2D eigenvalue weighted by Crippen LogP contribution is 2.05. The van der Waals surface area contributed by atoms with E-state index in [4.69, 9.17) is 4.74 Å². The molecular formula is C19H22N2O6S. The zero-order chi connectivity index (χ0) is 20.4. The van der Waals surface area contributed by atoms with Gasteiger partial charge in [0.15, 0.2) is 0 Å². The summed E-state index contributed by atoms with van der Waals surface area (Å²) in [5.41, 5.74) is 1.54. The average molecular weight is 406 g/mol. The van der Waals surface area contributed by atoms with E-state index in [0.29, 0.717) is 0 Å². The third-order valence-electron chi connectivity index (χ3n) is 3.71. The molecule has 9 heteroatoms. The van der Waals surface area contributed by atoms with Gasteiger partial charge in [-0.3, -0.25) is 9.59 Å². The Morgan fingerprint density at radius 1 is 0.964 bits per heavy atom. The lowest BCUT2D eigenvalue weighted by Gasteiger charge is -2.17. The molecule has 0 unspecified atom stereocenters. The maximum atomic E-state index is 12.2. The molecule has 2 aromatic rings. The minimum absolute atomic E-state index is 0.0353. The topological polar surface area (TPSA) is 111 Å². The minimum Gasteiger partial charge on any atom is -0.468 e.